The molecule has 0 spiro atoms. The Bertz CT molecular complexity index is 1510. The zero-order valence-electron chi connectivity index (χ0n) is 19.3. The molecule has 7 nitrogen and oxygen atoms in total. The molecule has 0 radical (unpaired) electrons. The first kappa shape index (κ1) is 20.5. The molecule has 2 aliphatic heterocycles. The molecule has 0 saturated heterocycles. The summed E-state index contributed by atoms with van der Waals surface area (Å²) in [5.41, 5.74) is 15.5. The molecule has 4 heterocycles. The van der Waals surface area contributed by atoms with Gasteiger partial charge >= 0.3 is 0 Å². The van der Waals surface area contributed by atoms with Gasteiger partial charge in [-0.25, -0.2) is 15.0 Å². The Morgan fingerprint density at radius 2 is 1.91 bits per heavy atom. The number of amidine groups is 1. The van der Waals surface area contributed by atoms with E-state index in [0.717, 1.165) is 28.7 Å². The largest absolute Gasteiger partial charge is 0.383 e. The van der Waals surface area contributed by atoms with Gasteiger partial charge in [-0.05, 0) is 59.8 Å². The van der Waals surface area contributed by atoms with Crippen LogP contribution in [0.4, 0.5) is 5.82 Å². The Balaban J connectivity index is 1.15. The van der Waals surface area contributed by atoms with E-state index in [1.807, 2.05) is 18.3 Å². The van der Waals surface area contributed by atoms with Gasteiger partial charge in [-0.15, -0.1) is 0 Å². The Morgan fingerprint density at radius 3 is 2.82 bits per heavy atom. The van der Waals surface area contributed by atoms with Crippen molar-refractivity contribution in [2.45, 2.75) is 26.1 Å². The predicted molar refractivity (Wildman–Crippen MR) is 138 cm³/mol. The molecule has 2 aromatic heterocycles. The van der Waals surface area contributed by atoms with Crippen LogP contribution in [0.1, 0.15) is 16.8 Å². The molecule has 34 heavy (non-hydrogen) atoms. The fourth-order valence-corrected chi connectivity index (χ4v) is 4.85. The molecule has 4 N–H and O–H groups in total. The van der Waals surface area contributed by atoms with Gasteiger partial charge in [0.05, 0.1) is 6.04 Å². The topological polar surface area (TPSA) is 83.5 Å². The average molecular weight is 450 g/mol. The molecule has 1 unspecified atom stereocenters. The van der Waals surface area contributed by atoms with E-state index in [0.29, 0.717) is 12.4 Å². The number of aromatic nitrogens is 2. The van der Waals surface area contributed by atoms with Gasteiger partial charge in [-0.3, -0.25) is 0 Å². The standard InChI is InChI=1S/C27H27N7/c1-17-11-21-13-19(4-6-24(21)33(17)2)16-34-25-8-10-30-27(23(25)15-32-34)31-14-18-3-5-22-20(12-18)7-9-29-26(22)28/h3-13,15,25,32H,14,16H2,1-2H3,(H2,28,29)(H,30,31). The van der Waals surface area contributed by atoms with Crippen molar-refractivity contribution in [1.82, 2.24) is 25.3 Å². The smallest absolute Gasteiger partial charge is 0.132 e. The van der Waals surface area contributed by atoms with Crippen LogP contribution in [0, 0.1) is 6.92 Å². The molecule has 6 rings (SSSR count). The second kappa shape index (κ2) is 8.04. The summed E-state index contributed by atoms with van der Waals surface area (Å²) in [5, 5.41) is 9.11. The van der Waals surface area contributed by atoms with Gasteiger partial charge in [0.15, 0.2) is 0 Å². The van der Waals surface area contributed by atoms with Gasteiger partial charge in [0.2, 0.25) is 0 Å². The highest BCUT2D eigenvalue weighted by atomic mass is 15.5. The molecule has 2 aliphatic rings. The number of hydrogen-bond donors (Lipinski definition) is 3. The SMILES string of the molecule is Cc1cc2cc(CN3NC=C4C(NCc5ccc6c(N)nccc6c5)=NC=CC43)ccc2n1C. The number of benzene rings is 2. The Labute approximate surface area is 198 Å². The van der Waals surface area contributed by atoms with E-state index in [1.165, 1.54) is 27.7 Å². The number of aliphatic imine (C=N–C) groups is 1. The van der Waals surface area contributed by atoms with Crippen LogP contribution in [-0.4, -0.2) is 26.4 Å². The van der Waals surface area contributed by atoms with E-state index in [2.05, 4.69) is 92.9 Å². The quantitative estimate of drug-likeness (QED) is 0.440. The van der Waals surface area contributed by atoms with E-state index < -0.39 is 0 Å². The molecule has 0 amide bonds. The highest BCUT2D eigenvalue weighted by Gasteiger charge is 2.30. The molecule has 0 saturated carbocycles. The Hall–Kier alpha value is -4.10. The number of pyridine rings is 1. The van der Waals surface area contributed by atoms with Gasteiger partial charge < -0.3 is 21.0 Å². The third-order valence-corrected chi connectivity index (χ3v) is 6.80. The van der Waals surface area contributed by atoms with Gasteiger partial charge in [0.25, 0.3) is 0 Å². The first-order valence-corrected chi connectivity index (χ1v) is 11.5. The molecule has 170 valence electrons. The van der Waals surface area contributed by atoms with Crippen LogP contribution in [0.3, 0.4) is 0 Å². The normalized spacial score (nSPS) is 17.5. The van der Waals surface area contributed by atoms with Crippen LogP contribution in [0.5, 0.6) is 0 Å². The Morgan fingerprint density at radius 1 is 1.06 bits per heavy atom. The van der Waals surface area contributed by atoms with Crippen molar-refractivity contribution in [3.8, 4) is 0 Å². The molecule has 0 bridgehead atoms. The molecule has 0 aliphatic carbocycles. The minimum Gasteiger partial charge on any atom is -0.383 e. The van der Waals surface area contributed by atoms with Crippen molar-refractivity contribution in [3.63, 3.8) is 0 Å². The lowest BCUT2D eigenvalue weighted by atomic mass is 10.0. The van der Waals surface area contributed by atoms with Crippen molar-refractivity contribution >= 4 is 33.3 Å². The fourth-order valence-electron chi connectivity index (χ4n) is 4.85. The number of nitrogen functional groups attached to an aromatic ring is 1. The van der Waals surface area contributed by atoms with Crippen LogP contribution in [0.25, 0.3) is 21.7 Å². The van der Waals surface area contributed by atoms with E-state index in [9.17, 15) is 0 Å². The summed E-state index contributed by atoms with van der Waals surface area (Å²) in [6, 6.07) is 17.3. The number of nitrogens with zero attached hydrogens (tertiary/aromatic N) is 4. The molecular weight excluding hydrogens is 422 g/mol. The second-order valence-electron chi connectivity index (χ2n) is 8.96. The number of aryl methyl sites for hydroxylation is 2. The number of fused-ring (bicyclic) bond motifs is 3. The van der Waals surface area contributed by atoms with Crippen molar-refractivity contribution in [1.29, 1.82) is 0 Å². The first-order valence-electron chi connectivity index (χ1n) is 11.5. The van der Waals surface area contributed by atoms with Gasteiger partial charge in [0, 0.05) is 66.3 Å². The number of hydrogen-bond acceptors (Lipinski definition) is 6. The maximum atomic E-state index is 5.99. The summed E-state index contributed by atoms with van der Waals surface area (Å²) in [4.78, 5) is 8.78. The lowest BCUT2D eigenvalue weighted by Gasteiger charge is -2.26. The van der Waals surface area contributed by atoms with E-state index in [1.54, 1.807) is 6.20 Å². The van der Waals surface area contributed by atoms with Crippen LogP contribution in [-0.2, 0) is 20.1 Å². The second-order valence-corrected chi connectivity index (χ2v) is 8.96. The van der Waals surface area contributed by atoms with E-state index in [4.69, 9.17) is 5.73 Å². The van der Waals surface area contributed by atoms with Crippen LogP contribution in [0.15, 0.2) is 83.8 Å². The zero-order valence-corrected chi connectivity index (χ0v) is 19.3. The fraction of sp³-hybridized carbons (Fsp3) is 0.185. The minimum absolute atomic E-state index is 0.135. The molecule has 0 fully saturated rings. The van der Waals surface area contributed by atoms with Crippen molar-refractivity contribution in [2.75, 3.05) is 5.73 Å². The Kier molecular flexibility index (Phi) is 4.85. The highest BCUT2D eigenvalue weighted by Crippen LogP contribution is 2.26. The average Bonchev–Trinajstić information content (AvgIpc) is 3.38. The zero-order chi connectivity index (χ0) is 23.2. The van der Waals surface area contributed by atoms with Crippen LogP contribution < -0.4 is 16.5 Å². The van der Waals surface area contributed by atoms with Crippen molar-refractivity contribution < 1.29 is 0 Å². The monoisotopic (exact) mass is 449 g/mol. The summed E-state index contributed by atoms with van der Waals surface area (Å²) in [5.74, 6) is 1.46. The summed E-state index contributed by atoms with van der Waals surface area (Å²) in [6.45, 7) is 3.62. The summed E-state index contributed by atoms with van der Waals surface area (Å²) < 4.78 is 2.23. The molecule has 2 aromatic carbocycles. The lowest BCUT2D eigenvalue weighted by molar-refractivity contribution is 0.215. The lowest BCUT2D eigenvalue weighted by Crippen LogP contribution is -2.40. The maximum absolute atomic E-state index is 5.99. The van der Waals surface area contributed by atoms with Gasteiger partial charge in [-0.2, -0.15) is 0 Å². The van der Waals surface area contributed by atoms with Gasteiger partial charge in [0.1, 0.15) is 11.7 Å². The molecule has 4 aromatic rings. The van der Waals surface area contributed by atoms with E-state index >= 15 is 0 Å². The van der Waals surface area contributed by atoms with Crippen molar-refractivity contribution in [3.05, 3.63) is 95.6 Å². The number of hydrazine groups is 1. The number of nitrogens with one attached hydrogen (secondary N) is 2. The predicted octanol–water partition coefficient (Wildman–Crippen LogP) is 3.91. The summed E-state index contributed by atoms with van der Waals surface area (Å²) in [6.07, 6.45) is 7.82. The summed E-state index contributed by atoms with van der Waals surface area (Å²) in [7, 11) is 2.11. The number of rotatable bonds is 4. The molecule has 1 atom stereocenters. The van der Waals surface area contributed by atoms with Crippen LogP contribution >= 0.6 is 0 Å². The van der Waals surface area contributed by atoms with Gasteiger partial charge in [-0.1, -0.05) is 18.2 Å². The van der Waals surface area contributed by atoms with Crippen molar-refractivity contribution in [2.24, 2.45) is 12.0 Å². The first-order chi connectivity index (χ1) is 16.6. The molecular formula is C27H27N7. The van der Waals surface area contributed by atoms with E-state index in [-0.39, 0.29) is 6.04 Å². The summed E-state index contributed by atoms with van der Waals surface area (Å²) >= 11 is 0. The maximum Gasteiger partial charge on any atom is 0.132 e. The number of nitrogens with two attached hydrogens (primary N) is 1. The minimum atomic E-state index is 0.135. The molecule has 7 heteroatoms. The van der Waals surface area contributed by atoms with Crippen LogP contribution in [0.2, 0.25) is 0 Å². The highest BCUT2D eigenvalue weighted by molar-refractivity contribution is 6.01. The third-order valence-electron chi connectivity index (χ3n) is 6.80. The third kappa shape index (κ3) is 3.50. The number of anilines is 1.